The van der Waals surface area contributed by atoms with Gasteiger partial charge in [0, 0.05) is 0 Å². The average molecular weight is 408 g/mol. The molecule has 6 nitrogen and oxygen atoms in total. The lowest BCUT2D eigenvalue weighted by atomic mass is 10.1. The van der Waals surface area contributed by atoms with Gasteiger partial charge in [-0.3, -0.25) is 24.1 Å². The second-order valence-electron chi connectivity index (χ2n) is 4.93. The summed E-state index contributed by atoms with van der Waals surface area (Å²) in [6.07, 6.45) is 0. The van der Waals surface area contributed by atoms with Crippen LogP contribution in [0.5, 0.6) is 0 Å². The van der Waals surface area contributed by atoms with Crippen molar-refractivity contribution in [3.63, 3.8) is 0 Å². The molecule has 24 heavy (non-hydrogen) atoms. The van der Waals surface area contributed by atoms with Crippen molar-refractivity contribution in [1.82, 2.24) is 4.90 Å². The predicted octanol–water partition coefficient (Wildman–Crippen LogP) is 2.53. The highest BCUT2D eigenvalue weighted by Crippen LogP contribution is 2.23. The van der Waals surface area contributed by atoms with Gasteiger partial charge in [0.15, 0.2) is 6.61 Å². The van der Waals surface area contributed by atoms with Gasteiger partial charge in [0.1, 0.15) is 6.54 Å². The molecule has 1 aliphatic rings. The molecule has 0 saturated carbocycles. The van der Waals surface area contributed by atoms with Crippen LogP contribution in [0.1, 0.15) is 30.4 Å². The Labute approximate surface area is 149 Å². The Morgan fingerprint density at radius 1 is 1.04 bits per heavy atom. The van der Waals surface area contributed by atoms with Crippen LogP contribution < -0.4 is 0 Å². The zero-order valence-electron chi connectivity index (χ0n) is 12.2. The van der Waals surface area contributed by atoms with Gasteiger partial charge in [0.2, 0.25) is 5.78 Å². The number of ether oxygens (including phenoxy) is 1. The van der Waals surface area contributed by atoms with E-state index in [2.05, 4.69) is 15.9 Å². The Morgan fingerprint density at radius 2 is 1.67 bits per heavy atom. The minimum Gasteiger partial charge on any atom is -0.456 e. The van der Waals surface area contributed by atoms with E-state index in [0.29, 0.717) is 4.88 Å². The predicted molar refractivity (Wildman–Crippen MR) is 89.1 cm³/mol. The molecular formula is C16H10BrNO5S. The van der Waals surface area contributed by atoms with Crippen LogP contribution >= 0.6 is 27.3 Å². The van der Waals surface area contributed by atoms with Crippen molar-refractivity contribution in [2.75, 3.05) is 13.2 Å². The molecule has 2 heterocycles. The summed E-state index contributed by atoms with van der Waals surface area (Å²) in [6.45, 7) is -0.956. The van der Waals surface area contributed by atoms with Crippen LogP contribution in [-0.4, -0.2) is 41.6 Å². The smallest absolute Gasteiger partial charge is 0.326 e. The van der Waals surface area contributed by atoms with Crippen LogP contribution in [0.4, 0.5) is 0 Å². The maximum Gasteiger partial charge on any atom is 0.326 e. The summed E-state index contributed by atoms with van der Waals surface area (Å²) in [6, 6.07) is 9.68. The number of imide groups is 1. The van der Waals surface area contributed by atoms with Gasteiger partial charge in [0.25, 0.3) is 11.8 Å². The number of esters is 1. The lowest BCUT2D eigenvalue weighted by molar-refractivity contribution is -0.142. The van der Waals surface area contributed by atoms with Crippen LogP contribution in [0.3, 0.4) is 0 Å². The number of thiophene rings is 1. The Kier molecular flexibility index (Phi) is 4.59. The van der Waals surface area contributed by atoms with E-state index in [1.54, 1.807) is 24.3 Å². The van der Waals surface area contributed by atoms with Gasteiger partial charge in [-0.1, -0.05) is 12.1 Å². The van der Waals surface area contributed by atoms with E-state index < -0.39 is 30.9 Å². The van der Waals surface area contributed by atoms with E-state index in [1.165, 1.54) is 23.5 Å². The highest BCUT2D eigenvalue weighted by Gasteiger charge is 2.36. The number of carbonyl (C=O) groups is 4. The van der Waals surface area contributed by atoms with Crippen molar-refractivity contribution in [2.45, 2.75) is 0 Å². The maximum absolute atomic E-state index is 12.1. The molecule has 0 bridgehead atoms. The van der Waals surface area contributed by atoms with E-state index in [0.717, 1.165) is 8.69 Å². The molecule has 1 aliphatic heterocycles. The Hall–Kier alpha value is -2.32. The summed E-state index contributed by atoms with van der Waals surface area (Å²) in [4.78, 5) is 49.3. The van der Waals surface area contributed by atoms with Gasteiger partial charge in [-0.25, -0.2) is 0 Å². The highest BCUT2D eigenvalue weighted by molar-refractivity contribution is 9.11. The van der Waals surface area contributed by atoms with E-state index in [1.807, 2.05) is 0 Å². The number of hydrogen-bond donors (Lipinski definition) is 0. The fraction of sp³-hybridized carbons (Fsp3) is 0.125. The number of carbonyl (C=O) groups excluding carboxylic acids is 4. The monoisotopic (exact) mass is 407 g/mol. The third kappa shape index (κ3) is 3.15. The Bertz CT molecular complexity index is 825. The standard InChI is InChI=1S/C16H10BrNO5S/c17-13-6-5-12(24-13)11(19)8-23-14(20)7-18-15(21)9-3-1-2-4-10(9)16(18)22/h1-6H,7-8H2. The van der Waals surface area contributed by atoms with Crippen molar-refractivity contribution in [1.29, 1.82) is 0 Å². The number of fused-ring (bicyclic) bond motifs is 1. The summed E-state index contributed by atoms with van der Waals surface area (Å²) in [5.41, 5.74) is 0.518. The maximum atomic E-state index is 12.1. The van der Waals surface area contributed by atoms with Crippen LogP contribution in [0, 0.1) is 0 Å². The van der Waals surface area contributed by atoms with Crippen molar-refractivity contribution >= 4 is 50.8 Å². The topological polar surface area (TPSA) is 80.8 Å². The largest absolute Gasteiger partial charge is 0.456 e. The first-order valence-electron chi connectivity index (χ1n) is 6.87. The average Bonchev–Trinajstić information content (AvgIpc) is 3.11. The second kappa shape index (κ2) is 6.66. The van der Waals surface area contributed by atoms with E-state index in [4.69, 9.17) is 4.74 Å². The molecule has 1 aromatic heterocycles. The van der Waals surface area contributed by atoms with Crippen molar-refractivity contribution < 1.29 is 23.9 Å². The zero-order valence-corrected chi connectivity index (χ0v) is 14.6. The summed E-state index contributed by atoms with van der Waals surface area (Å²) in [5, 5.41) is 0. The fourth-order valence-electron chi connectivity index (χ4n) is 2.24. The molecule has 0 radical (unpaired) electrons. The van der Waals surface area contributed by atoms with Gasteiger partial charge in [-0.05, 0) is 40.2 Å². The first-order valence-corrected chi connectivity index (χ1v) is 8.47. The molecule has 0 fully saturated rings. The van der Waals surface area contributed by atoms with Crippen molar-refractivity contribution in [2.24, 2.45) is 0 Å². The lowest BCUT2D eigenvalue weighted by Gasteiger charge is -2.12. The number of nitrogens with zero attached hydrogens (tertiary/aromatic N) is 1. The lowest BCUT2D eigenvalue weighted by Crippen LogP contribution is -2.36. The number of benzene rings is 1. The molecular weight excluding hydrogens is 398 g/mol. The van der Waals surface area contributed by atoms with E-state index in [-0.39, 0.29) is 16.9 Å². The molecule has 0 N–H and O–H groups in total. The third-order valence-corrected chi connectivity index (χ3v) is 5.04. The molecule has 0 atom stereocenters. The minimum atomic E-state index is -0.812. The number of hydrogen-bond acceptors (Lipinski definition) is 6. The number of halogens is 1. The number of rotatable bonds is 5. The van der Waals surface area contributed by atoms with E-state index in [9.17, 15) is 19.2 Å². The first kappa shape index (κ1) is 16.5. The zero-order chi connectivity index (χ0) is 17.3. The molecule has 2 aromatic rings. The molecule has 0 aliphatic carbocycles. The van der Waals surface area contributed by atoms with Crippen LogP contribution in [0.25, 0.3) is 0 Å². The SMILES string of the molecule is O=C(CN1C(=O)c2ccccc2C1=O)OCC(=O)c1ccc(Br)s1. The van der Waals surface area contributed by atoms with Crippen LogP contribution in [0.15, 0.2) is 40.2 Å². The van der Waals surface area contributed by atoms with Crippen LogP contribution in [-0.2, 0) is 9.53 Å². The second-order valence-corrected chi connectivity index (χ2v) is 7.39. The summed E-state index contributed by atoms with van der Waals surface area (Å²) in [5.74, 6) is -2.24. The van der Waals surface area contributed by atoms with Gasteiger partial charge >= 0.3 is 5.97 Å². The van der Waals surface area contributed by atoms with Crippen molar-refractivity contribution in [3.8, 4) is 0 Å². The number of amides is 2. The van der Waals surface area contributed by atoms with Gasteiger partial charge in [-0.2, -0.15) is 0 Å². The molecule has 2 amide bonds. The summed E-state index contributed by atoms with van der Waals surface area (Å²) in [7, 11) is 0. The third-order valence-electron chi connectivity index (χ3n) is 3.38. The van der Waals surface area contributed by atoms with Crippen LogP contribution in [0.2, 0.25) is 0 Å². The van der Waals surface area contributed by atoms with Gasteiger partial charge < -0.3 is 4.74 Å². The highest BCUT2D eigenvalue weighted by atomic mass is 79.9. The van der Waals surface area contributed by atoms with E-state index >= 15 is 0 Å². The molecule has 0 saturated heterocycles. The Morgan fingerprint density at radius 3 is 2.21 bits per heavy atom. The minimum absolute atomic E-state index is 0.259. The number of Topliss-reactive ketones (excluding diaryl/α,β-unsaturated/α-hetero) is 1. The fourth-order valence-corrected chi connectivity index (χ4v) is 3.55. The van der Waals surface area contributed by atoms with Crippen molar-refractivity contribution in [3.05, 3.63) is 56.2 Å². The molecule has 1 aromatic carbocycles. The normalized spacial score (nSPS) is 13.1. The molecule has 3 rings (SSSR count). The first-order chi connectivity index (χ1) is 11.5. The van der Waals surface area contributed by atoms with Gasteiger partial charge in [0.05, 0.1) is 19.8 Å². The molecule has 8 heteroatoms. The number of ketones is 1. The summed E-state index contributed by atoms with van der Waals surface area (Å²) < 4.78 is 5.68. The molecule has 122 valence electrons. The van der Waals surface area contributed by atoms with Gasteiger partial charge in [-0.15, -0.1) is 11.3 Å². The molecule has 0 unspecified atom stereocenters. The quantitative estimate of drug-likeness (QED) is 0.432. The Balaban J connectivity index is 1.59. The summed E-state index contributed by atoms with van der Waals surface area (Å²) >= 11 is 4.47. The molecule has 0 spiro atoms.